The third kappa shape index (κ3) is 1.05. The van der Waals surface area contributed by atoms with E-state index in [4.69, 9.17) is 0 Å². The van der Waals surface area contributed by atoms with E-state index >= 15 is 0 Å². The van der Waals surface area contributed by atoms with Crippen molar-refractivity contribution in [3.05, 3.63) is 17.7 Å². The van der Waals surface area contributed by atoms with Crippen LogP contribution in [0.15, 0.2) is 6.33 Å². The lowest BCUT2D eigenvalue weighted by atomic mass is 10.0. The molecule has 0 amide bonds. The van der Waals surface area contributed by atoms with Crippen LogP contribution in [0.4, 0.5) is 0 Å². The van der Waals surface area contributed by atoms with Crippen molar-refractivity contribution in [3.8, 4) is 0 Å². The lowest BCUT2D eigenvalue weighted by Crippen LogP contribution is -2.25. The van der Waals surface area contributed by atoms with Gasteiger partial charge in [0.25, 0.3) is 0 Å². The predicted octanol–water partition coefficient (Wildman–Crippen LogP) is 1.75. The van der Waals surface area contributed by atoms with Crippen molar-refractivity contribution in [1.82, 2.24) is 14.9 Å². The number of fused-ring (bicyclic) bond motifs is 6. The fraction of sp³-hybridized carbons (Fsp3) is 0.786. The summed E-state index contributed by atoms with van der Waals surface area (Å²) in [7, 11) is 0. The molecule has 4 atom stereocenters. The molecule has 0 spiro atoms. The molecule has 2 bridgehead atoms. The number of nitrogens with one attached hydrogen (secondary N) is 1. The van der Waals surface area contributed by atoms with Gasteiger partial charge in [0, 0.05) is 31.2 Å². The van der Waals surface area contributed by atoms with Crippen LogP contribution in [0.25, 0.3) is 0 Å². The van der Waals surface area contributed by atoms with E-state index < -0.39 is 0 Å². The topological polar surface area (TPSA) is 29.9 Å². The molecule has 5 rings (SSSR count). The summed E-state index contributed by atoms with van der Waals surface area (Å²) in [5.41, 5.74) is 2.86. The Labute approximate surface area is 102 Å². The zero-order chi connectivity index (χ0) is 11.0. The van der Waals surface area contributed by atoms with Gasteiger partial charge >= 0.3 is 0 Å². The Morgan fingerprint density at radius 3 is 2.88 bits per heavy atom. The Bertz CT molecular complexity index is 462. The monoisotopic (exact) mass is 229 g/mol. The summed E-state index contributed by atoms with van der Waals surface area (Å²) in [5, 5.41) is 3.42. The Kier molecular flexibility index (Phi) is 1.58. The van der Waals surface area contributed by atoms with E-state index in [-0.39, 0.29) is 0 Å². The van der Waals surface area contributed by atoms with Crippen molar-refractivity contribution in [2.75, 3.05) is 6.54 Å². The first-order valence-electron chi connectivity index (χ1n) is 7.19. The van der Waals surface area contributed by atoms with Gasteiger partial charge in [0.05, 0.1) is 12.0 Å². The standard InChI is InChI=1S/C14H19N3/c1-2-9-5-8(1)12-13(9)14(12)17-7-16-10-6-15-4-3-11(10)17/h7-9,12-15H,1-6H2. The maximum absolute atomic E-state index is 4.62. The molecule has 3 fully saturated rings. The highest BCUT2D eigenvalue weighted by atomic mass is 15.2. The van der Waals surface area contributed by atoms with E-state index in [0.717, 1.165) is 42.8 Å². The molecular formula is C14H19N3. The summed E-state index contributed by atoms with van der Waals surface area (Å²) >= 11 is 0. The van der Waals surface area contributed by atoms with Gasteiger partial charge in [0.1, 0.15) is 0 Å². The van der Waals surface area contributed by atoms with Gasteiger partial charge in [-0.25, -0.2) is 4.98 Å². The van der Waals surface area contributed by atoms with Gasteiger partial charge in [-0.2, -0.15) is 0 Å². The smallest absolute Gasteiger partial charge is 0.0955 e. The molecule has 0 saturated heterocycles. The minimum Gasteiger partial charge on any atom is -0.331 e. The first-order valence-corrected chi connectivity index (χ1v) is 7.19. The van der Waals surface area contributed by atoms with Crippen LogP contribution in [-0.2, 0) is 13.0 Å². The van der Waals surface area contributed by atoms with Crippen LogP contribution < -0.4 is 5.32 Å². The van der Waals surface area contributed by atoms with Crippen molar-refractivity contribution < 1.29 is 0 Å². The van der Waals surface area contributed by atoms with Gasteiger partial charge in [0.15, 0.2) is 0 Å². The van der Waals surface area contributed by atoms with Gasteiger partial charge in [-0.05, 0) is 42.9 Å². The SMILES string of the molecule is c1nc2c(n1C1C3C4CCC(C4)C31)CCNC2. The molecule has 3 heteroatoms. The number of aromatic nitrogens is 2. The van der Waals surface area contributed by atoms with E-state index in [1.807, 2.05) is 0 Å². The Morgan fingerprint density at radius 1 is 1.24 bits per heavy atom. The van der Waals surface area contributed by atoms with Crippen molar-refractivity contribution in [1.29, 1.82) is 0 Å². The maximum atomic E-state index is 4.62. The molecule has 1 N–H and O–H groups in total. The van der Waals surface area contributed by atoms with Crippen molar-refractivity contribution >= 4 is 0 Å². The summed E-state index contributed by atoms with van der Waals surface area (Å²) in [4.78, 5) is 4.62. The van der Waals surface area contributed by atoms with Crippen LogP contribution in [0.2, 0.25) is 0 Å². The maximum Gasteiger partial charge on any atom is 0.0955 e. The molecule has 90 valence electrons. The summed E-state index contributed by atoms with van der Waals surface area (Å²) in [5.74, 6) is 4.19. The number of nitrogens with zero attached hydrogens (tertiary/aromatic N) is 2. The second-order valence-corrected chi connectivity index (χ2v) is 6.45. The number of rotatable bonds is 1. The summed E-state index contributed by atoms with van der Waals surface area (Å²) < 4.78 is 2.57. The van der Waals surface area contributed by atoms with Crippen LogP contribution in [0.5, 0.6) is 0 Å². The fourth-order valence-corrected chi connectivity index (χ4v) is 5.17. The van der Waals surface area contributed by atoms with Crippen molar-refractivity contribution in [3.63, 3.8) is 0 Å². The van der Waals surface area contributed by atoms with Crippen LogP contribution in [0.3, 0.4) is 0 Å². The van der Waals surface area contributed by atoms with Gasteiger partial charge in [0.2, 0.25) is 0 Å². The van der Waals surface area contributed by atoms with Crippen LogP contribution in [-0.4, -0.2) is 16.1 Å². The zero-order valence-electron chi connectivity index (χ0n) is 10.1. The zero-order valence-corrected chi connectivity index (χ0v) is 10.1. The first-order chi connectivity index (χ1) is 8.43. The average molecular weight is 229 g/mol. The number of hydrogen-bond acceptors (Lipinski definition) is 2. The second-order valence-electron chi connectivity index (χ2n) is 6.45. The summed E-state index contributed by atoms with van der Waals surface area (Å²) in [6.07, 6.45) is 7.90. The largest absolute Gasteiger partial charge is 0.331 e. The first kappa shape index (κ1) is 9.15. The lowest BCUT2D eigenvalue weighted by Gasteiger charge is -2.17. The van der Waals surface area contributed by atoms with E-state index in [9.17, 15) is 0 Å². The van der Waals surface area contributed by atoms with Crippen LogP contribution >= 0.6 is 0 Å². The van der Waals surface area contributed by atoms with Gasteiger partial charge < -0.3 is 9.88 Å². The fourth-order valence-electron chi connectivity index (χ4n) is 5.17. The predicted molar refractivity (Wildman–Crippen MR) is 64.5 cm³/mol. The Hall–Kier alpha value is -0.830. The summed E-state index contributed by atoms with van der Waals surface area (Å²) in [6.45, 7) is 2.12. The molecule has 4 aliphatic rings. The van der Waals surface area contributed by atoms with E-state index in [1.54, 1.807) is 12.1 Å². The highest BCUT2D eigenvalue weighted by Gasteiger charge is 2.66. The van der Waals surface area contributed by atoms with E-state index in [1.165, 1.54) is 25.0 Å². The van der Waals surface area contributed by atoms with E-state index in [2.05, 4.69) is 21.2 Å². The van der Waals surface area contributed by atoms with E-state index in [0.29, 0.717) is 0 Å². The number of hydrogen-bond donors (Lipinski definition) is 1. The lowest BCUT2D eigenvalue weighted by molar-refractivity contribution is 0.443. The molecule has 1 aliphatic heterocycles. The highest BCUT2D eigenvalue weighted by molar-refractivity contribution is 5.23. The Morgan fingerprint density at radius 2 is 2.06 bits per heavy atom. The van der Waals surface area contributed by atoms with Crippen molar-refractivity contribution in [2.24, 2.45) is 23.7 Å². The highest BCUT2D eigenvalue weighted by Crippen LogP contribution is 2.71. The Balaban J connectivity index is 1.52. The van der Waals surface area contributed by atoms with Gasteiger partial charge in [-0.15, -0.1) is 0 Å². The molecule has 17 heavy (non-hydrogen) atoms. The number of imidazole rings is 1. The average Bonchev–Trinajstić information content (AvgIpc) is 2.76. The molecule has 1 aromatic rings. The quantitative estimate of drug-likeness (QED) is 0.795. The minimum atomic E-state index is 0.843. The molecule has 1 aromatic heterocycles. The molecule has 3 saturated carbocycles. The molecule has 3 aliphatic carbocycles. The third-order valence-electron chi connectivity index (χ3n) is 5.83. The van der Waals surface area contributed by atoms with Gasteiger partial charge in [-0.1, -0.05) is 0 Å². The summed E-state index contributed by atoms with van der Waals surface area (Å²) in [6, 6.07) is 0.843. The molecule has 3 nitrogen and oxygen atoms in total. The molecule has 2 heterocycles. The second kappa shape index (κ2) is 2.94. The molecule has 0 radical (unpaired) electrons. The van der Waals surface area contributed by atoms with Crippen LogP contribution in [0, 0.1) is 23.7 Å². The van der Waals surface area contributed by atoms with Crippen molar-refractivity contribution in [2.45, 2.75) is 38.3 Å². The van der Waals surface area contributed by atoms with Gasteiger partial charge in [-0.3, -0.25) is 0 Å². The molecule has 4 unspecified atom stereocenters. The van der Waals surface area contributed by atoms with Crippen LogP contribution in [0.1, 0.15) is 36.7 Å². The normalized spacial score (nSPS) is 45.8. The molecular weight excluding hydrogens is 210 g/mol. The third-order valence-corrected chi connectivity index (χ3v) is 5.83. The molecule has 0 aromatic carbocycles. The minimum absolute atomic E-state index is 0.843.